The van der Waals surface area contributed by atoms with Gasteiger partial charge in [-0.1, -0.05) is 62.4 Å². The number of carbonyl (C=O) groups excluding carboxylic acids is 4. The number of amides is 4. The van der Waals surface area contributed by atoms with Gasteiger partial charge >= 0.3 is 12.2 Å². The SMILES string of the molecule is CCOC(=O)Nc1ccc2c(c1)N(C(=O)CCl)c1ccccc1CC2.CCOC(=O)Nc1ccc2c(c1)N(C(=O)CN(CC)CC)c1ccccc1CC2. The van der Waals surface area contributed by atoms with Crippen molar-refractivity contribution in [1.29, 1.82) is 0 Å². The zero-order chi connectivity index (χ0) is 38.6. The van der Waals surface area contributed by atoms with Crippen molar-refractivity contribution in [2.24, 2.45) is 0 Å². The molecule has 12 heteroatoms. The maximum absolute atomic E-state index is 13.4. The zero-order valence-electron chi connectivity index (χ0n) is 31.3. The summed E-state index contributed by atoms with van der Waals surface area (Å²) in [6.45, 7) is 10.2. The number of ether oxygens (including phenoxy) is 2. The second kappa shape index (κ2) is 19.1. The number of likely N-dealkylation sites (N-methyl/N-ethyl adjacent to an activating group) is 1. The number of rotatable bonds is 9. The Kier molecular flexibility index (Phi) is 14.1. The van der Waals surface area contributed by atoms with E-state index in [0.717, 1.165) is 83.8 Å². The van der Waals surface area contributed by atoms with Gasteiger partial charge in [0.1, 0.15) is 5.88 Å². The third-order valence-corrected chi connectivity index (χ3v) is 9.58. The molecule has 4 amide bonds. The molecule has 0 saturated heterocycles. The van der Waals surface area contributed by atoms with E-state index in [1.807, 2.05) is 77.7 Å². The van der Waals surface area contributed by atoms with Crippen LogP contribution in [-0.2, 0) is 44.7 Å². The van der Waals surface area contributed by atoms with Crippen LogP contribution in [0, 0.1) is 0 Å². The molecule has 54 heavy (non-hydrogen) atoms. The van der Waals surface area contributed by atoms with Gasteiger partial charge < -0.3 is 9.47 Å². The van der Waals surface area contributed by atoms with E-state index in [9.17, 15) is 19.2 Å². The Morgan fingerprint density at radius 3 is 1.41 bits per heavy atom. The highest BCUT2D eigenvalue weighted by Crippen LogP contribution is 2.39. The van der Waals surface area contributed by atoms with Crippen LogP contribution in [0.1, 0.15) is 49.9 Å². The molecule has 2 N–H and O–H groups in total. The average molecular weight is 754 g/mol. The summed E-state index contributed by atoms with van der Waals surface area (Å²) in [5.41, 5.74) is 8.86. The minimum absolute atomic E-state index is 0.0255. The minimum atomic E-state index is -0.522. The molecular weight excluding hydrogens is 706 g/mol. The molecule has 2 aliphatic rings. The molecule has 6 rings (SSSR count). The van der Waals surface area contributed by atoms with E-state index in [1.165, 1.54) is 0 Å². The van der Waals surface area contributed by atoms with Crippen molar-refractivity contribution in [2.45, 2.75) is 53.4 Å². The molecule has 284 valence electrons. The first kappa shape index (κ1) is 39.8. The van der Waals surface area contributed by atoms with Crippen LogP contribution in [0.4, 0.5) is 43.7 Å². The van der Waals surface area contributed by atoms with E-state index in [4.69, 9.17) is 21.1 Å². The van der Waals surface area contributed by atoms with E-state index >= 15 is 0 Å². The maximum Gasteiger partial charge on any atom is 0.411 e. The molecule has 0 atom stereocenters. The number of para-hydroxylation sites is 2. The second-order valence-corrected chi connectivity index (χ2v) is 13.0. The molecular formula is C42H48ClN5O6. The highest BCUT2D eigenvalue weighted by atomic mass is 35.5. The fourth-order valence-corrected chi connectivity index (χ4v) is 6.80. The lowest BCUT2D eigenvalue weighted by Crippen LogP contribution is -2.38. The van der Waals surface area contributed by atoms with Gasteiger partial charge in [0.05, 0.1) is 42.5 Å². The number of carbonyl (C=O) groups is 4. The summed E-state index contributed by atoms with van der Waals surface area (Å²) in [6, 6.07) is 27.1. The number of nitrogens with zero attached hydrogens (tertiary/aromatic N) is 3. The Balaban J connectivity index is 0.000000210. The van der Waals surface area contributed by atoms with Crippen molar-refractivity contribution < 1.29 is 28.7 Å². The van der Waals surface area contributed by atoms with Crippen LogP contribution in [0.5, 0.6) is 0 Å². The molecule has 2 heterocycles. The van der Waals surface area contributed by atoms with Crippen LogP contribution in [-0.4, -0.2) is 67.6 Å². The van der Waals surface area contributed by atoms with Crippen molar-refractivity contribution in [1.82, 2.24) is 4.90 Å². The molecule has 4 aromatic carbocycles. The number of alkyl halides is 1. The predicted molar refractivity (Wildman–Crippen MR) is 215 cm³/mol. The lowest BCUT2D eigenvalue weighted by atomic mass is 10.0. The smallest absolute Gasteiger partial charge is 0.411 e. The van der Waals surface area contributed by atoms with Gasteiger partial charge in [0, 0.05) is 11.4 Å². The topological polar surface area (TPSA) is 121 Å². The van der Waals surface area contributed by atoms with Crippen LogP contribution < -0.4 is 20.4 Å². The number of aryl methyl sites for hydroxylation is 4. The highest BCUT2D eigenvalue weighted by molar-refractivity contribution is 6.30. The summed E-state index contributed by atoms with van der Waals surface area (Å²) >= 11 is 5.86. The van der Waals surface area contributed by atoms with Crippen LogP contribution in [0.2, 0.25) is 0 Å². The van der Waals surface area contributed by atoms with Crippen molar-refractivity contribution >= 4 is 69.7 Å². The second-order valence-electron chi connectivity index (χ2n) is 12.7. The quantitative estimate of drug-likeness (QED) is 0.164. The zero-order valence-corrected chi connectivity index (χ0v) is 32.1. The van der Waals surface area contributed by atoms with Crippen molar-refractivity contribution in [3.63, 3.8) is 0 Å². The highest BCUT2D eigenvalue weighted by Gasteiger charge is 2.28. The van der Waals surface area contributed by atoms with Gasteiger partial charge in [-0.05, 0) is 111 Å². The van der Waals surface area contributed by atoms with Crippen molar-refractivity contribution in [3.05, 3.63) is 107 Å². The summed E-state index contributed by atoms with van der Waals surface area (Å²) in [6.07, 6.45) is 2.32. The fraction of sp³-hybridized carbons (Fsp3) is 0.333. The predicted octanol–water partition coefficient (Wildman–Crippen LogP) is 8.62. The molecule has 0 spiro atoms. The van der Waals surface area contributed by atoms with Crippen molar-refractivity contribution in [3.8, 4) is 0 Å². The molecule has 0 bridgehead atoms. The molecule has 0 aliphatic carbocycles. The van der Waals surface area contributed by atoms with Crippen molar-refractivity contribution in [2.75, 3.05) is 59.2 Å². The molecule has 11 nitrogen and oxygen atoms in total. The minimum Gasteiger partial charge on any atom is -0.450 e. The third kappa shape index (κ3) is 9.58. The average Bonchev–Trinajstić information content (AvgIpc) is 3.44. The molecule has 0 aromatic heterocycles. The summed E-state index contributed by atoms with van der Waals surface area (Å²) < 4.78 is 9.90. The van der Waals surface area contributed by atoms with Gasteiger partial charge in [0.15, 0.2) is 0 Å². The molecule has 0 saturated carbocycles. The van der Waals surface area contributed by atoms with Gasteiger partial charge in [-0.25, -0.2) is 9.59 Å². The lowest BCUT2D eigenvalue weighted by Gasteiger charge is -2.28. The van der Waals surface area contributed by atoms with E-state index in [0.29, 0.717) is 31.1 Å². The molecule has 0 unspecified atom stereocenters. The summed E-state index contributed by atoms with van der Waals surface area (Å²) in [4.78, 5) is 55.1. The first-order valence-electron chi connectivity index (χ1n) is 18.4. The van der Waals surface area contributed by atoms with Crippen LogP contribution >= 0.6 is 11.6 Å². The number of fused-ring (bicyclic) bond motifs is 4. The van der Waals surface area contributed by atoms with Crippen LogP contribution in [0.25, 0.3) is 0 Å². The number of anilines is 6. The van der Waals surface area contributed by atoms with Crippen LogP contribution in [0.3, 0.4) is 0 Å². The number of halogens is 1. The Bertz CT molecular complexity index is 1970. The summed E-state index contributed by atoms with van der Waals surface area (Å²) in [5, 5.41) is 5.43. The molecule has 4 aromatic rings. The third-order valence-electron chi connectivity index (χ3n) is 9.35. The van der Waals surface area contributed by atoms with Gasteiger partial charge in [-0.3, -0.25) is 34.9 Å². The van der Waals surface area contributed by atoms with E-state index in [2.05, 4.69) is 35.4 Å². The fourth-order valence-electron chi connectivity index (χ4n) is 6.68. The largest absolute Gasteiger partial charge is 0.450 e. The Morgan fingerprint density at radius 2 is 1.00 bits per heavy atom. The number of benzene rings is 4. The Labute approximate surface area is 322 Å². The number of nitrogens with one attached hydrogen (secondary N) is 2. The van der Waals surface area contributed by atoms with Crippen LogP contribution in [0.15, 0.2) is 84.9 Å². The molecule has 0 fully saturated rings. The first-order valence-corrected chi connectivity index (χ1v) is 19.0. The van der Waals surface area contributed by atoms with Gasteiger partial charge in [0.2, 0.25) is 11.8 Å². The summed E-state index contributed by atoms with van der Waals surface area (Å²) in [7, 11) is 0. The monoisotopic (exact) mass is 753 g/mol. The first-order chi connectivity index (χ1) is 26.2. The standard InChI is InChI=1S/C23H29N3O3.C19H19ClN2O3/c1-4-25(5-2)16-22(27)26-20-10-8-7-9-17(20)11-12-18-13-14-19(15-21(18)26)24-23(28)29-6-3;1-2-25-19(24)21-15-10-9-14-8-7-13-5-3-4-6-16(13)22(17(14)11-15)18(23)12-20/h7-10,13-15H,4-6,11-12,16H2,1-3H3,(H,24,28);3-6,9-11H,2,7-8,12H2,1H3,(H,21,24). The van der Waals surface area contributed by atoms with E-state index in [1.54, 1.807) is 24.8 Å². The molecule has 0 radical (unpaired) electrons. The number of hydrogen-bond acceptors (Lipinski definition) is 7. The summed E-state index contributed by atoms with van der Waals surface area (Å²) in [5.74, 6) is -0.299. The lowest BCUT2D eigenvalue weighted by molar-refractivity contribution is -0.119. The van der Waals surface area contributed by atoms with Gasteiger partial charge in [-0.2, -0.15) is 0 Å². The molecule has 2 aliphatic heterocycles. The van der Waals surface area contributed by atoms with E-state index in [-0.39, 0.29) is 17.7 Å². The number of hydrogen-bond donors (Lipinski definition) is 2. The Morgan fingerprint density at radius 1 is 0.593 bits per heavy atom. The van der Waals surface area contributed by atoms with Gasteiger partial charge in [-0.15, -0.1) is 11.6 Å². The maximum atomic E-state index is 13.4. The Hall–Kier alpha value is -5.39. The van der Waals surface area contributed by atoms with Gasteiger partial charge in [0.25, 0.3) is 0 Å². The van der Waals surface area contributed by atoms with E-state index < -0.39 is 12.2 Å². The normalized spacial score (nSPS) is 12.7.